The molecule has 3 aromatic rings. The van der Waals surface area contributed by atoms with Gasteiger partial charge in [-0.15, -0.1) is 0 Å². The number of aromatic nitrogens is 3. The van der Waals surface area contributed by atoms with Crippen molar-refractivity contribution in [3.05, 3.63) is 40.6 Å². The second kappa shape index (κ2) is 8.67. The largest absolute Gasteiger partial charge is 0.419 e. The molecule has 1 saturated heterocycles. The van der Waals surface area contributed by atoms with Gasteiger partial charge in [-0.25, -0.2) is 27.9 Å². The van der Waals surface area contributed by atoms with Crippen molar-refractivity contribution in [2.24, 2.45) is 7.05 Å². The third-order valence-electron chi connectivity index (χ3n) is 5.30. The first-order chi connectivity index (χ1) is 14.8. The first kappa shape index (κ1) is 21.3. The second-order valence-electron chi connectivity index (χ2n) is 7.59. The SMILES string of the molecule is Cc1nc(NCCNS(=O)(=O)c2ccc3oc(=O)n(C)c3c2)cc(N2CCCCC2)n1. The van der Waals surface area contributed by atoms with Crippen LogP contribution in [0.1, 0.15) is 25.1 Å². The highest BCUT2D eigenvalue weighted by Gasteiger charge is 2.17. The predicted molar refractivity (Wildman–Crippen MR) is 118 cm³/mol. The first-order valence-corrected chi connectivity index (χ1v) is 11.8. The van der Waals surface area contributed by atoms with Crippen LogP contribution in [0.5, 0.6) is 0 Å². The highest BCUT2D eigenvalue weighted by molar-refractivity contribution is 7.89. The van der Waals surface area contributed by atoms with E-state index in [4.69, 9.17) is 4.42 Å². The first-order valence-electron chi connectivity index (χ1n) is 10.3. The molecule has 1 aromatic carbocycles. The average Bonchev–Trinajstić information content (AvgIpc) is 3.05. The minimum atomic E-state index is -3.74. The molecule has 0 spiro atoms. The molecule has 0 aliphatic carbocycles. The summed E-state index contributed by atoms with van der Waals surface area (Å²) in [6, 6.07) is 6.23. The van der Waals surface area contributed by atoms with Gasteiger partial charge in [-0.3, -0.25) is 4.57 Å². The standard InChI is InChI=1S/C20H26N6O4S/c1-14-23-18(13-19(24-14)26-10-4-3-5-11-26)21-8-9-22-31(28,29)15-6-7-17-16(12-15)25(2)20(27)30-17/h6-7,12-13,22H,3-5,8-11H2,1-2H3,(H,21,23,24). The Morgan fingerprint density at radius 1 is 1.10 bits per heavy atom. The van der Waals surface area contributed by atoms with Crippen LogP contribution in [-0.4, -0.2) is 49.1 Å². The molecule has 2 aromatic heterocycles. The molecule has 1 aliphatic heterocycles. The van der Waals surface area contributed by atoms with Crippen LogP contribution >= 0.6 is 0 Å². The molecule has 11 heteroatoms. The number of piperidine rings is 1. The molecule has 10 nitrogen and oxygen atoms in total. The second-order valence-corrected chi connectivity index (χ2v) is 9.35. The minimum absolute atomic E-state index is 0.0710. The van der Waals surface area contributed by atoms with Crippen molar-refractivity contribution in [3.8, 4) is 0 Å². The lowest BCUT2D eigenvalue weighted by Gasteiger charge is -2.28. The van der Waals surface area contributed by atoms with Gasteiger partial charge in [0.25, 0.3) is 0 Å². The molecule has 1 aliphatic rings. The zero-order valence-corrected chi connectivity index (χ0v) is 18.4. The number of hydrogen-bond donors (Lipinski definition) is 2. The Hall–Kier alpha value is -2.92. The van der Waals surface area contributed by atoms with Gasteiger partial charge in [0.05, 0.1) is 10.4 Å². The number of benzene rings is 1. The molecule has 0 unspecified atom stereocenters. The molecule has 0 saturated carbocycles. The van der Waals surface area contributed by atoms with Gasteiger partial charge in [0.1, 0.15) is 17.5 Å². The topological polar surface area (TPSA) is 122 Å². The summed E-state index contributed by atoms with van der Waals surface area (Å²) in [5.74, 6) is 1.70. The van der Waals surface area contributed by atoms with Gasteiger partial charge in [-0.2, -0.15) is 0 Å². The van der Waals surface area contributed by atoms with Crippen molar-refractivity contribution in [2.45, 2.75) is 31.1 Å². The van der Waals surface area contributed by atoms with Gasteiger partial charge in [0.2, 0.25) is 10.0 Å². The van der Waals surface area contributed by atoms with E-state index < -0.39 is 15.8 Å². The third kappa shape index (κ3) is 4.72. The lowest BCUT2D eigenvalue weighted by molar-refractivity contribution is 0.528. The van der Waals surface area contributed by atoms with Crippen LogP contribution in [0.15, 0.2) is 38.4 Å². The van der Waals surface area contributed by atoms with E-state index in [9.17, 15) is 13.2 Å². The van der Waals surface area contributed by atoms with Crippen molar-refractivity contribution in [1.29, 1.82) is 0 Å². The fourth-order valence-corrected chi connectivity index (χ4v) is 4.71. The zero-order chi connectivity index (χ0) is 22.0. The number of fused-ring (bicyclic) bond motifs is 1. The molecule has 1 fully saturated rings. The van der Waals surface area contributed by atoms with Crippen molar-refractivity contribution in [1.82, 2.24) is 19.3 Å². The number of nitrogens with zero attached hydrogens (tertiary/aromatic N) is 4. The van der Waals surface area contributed by atoms with Crippen molar-refractivity contribution < 1.29 is 12.8 Å². The molecule has 2 N–H and O–H groups in total. The smallest absolute Gasteiger partial charge is 0.408 e. The van der Waals surface area contributed by atoms with Gasteiger partial charge >= 0.3 is 5.76 Å². The summed E-state index contributed by atoms with van der Waals surface area (Å²) < 4.78 is 34.1. The Morgan fingerprint density at radius 2 is 1.87 bits per heavy atom. The third-order valence-corrected chi connectivity index (χ3v) is 6.76. The van der Waals surface area contributed by atoms with Crippen molar-refractivity contribution in [2.75, 3.05) is 36.4 Å². The summed E-state index contributed by atoms with van der Waals surface area (Å²) in [6.07, 6.45) is 3.56. The maximum atomic E-state index is 12.6. The molecule has 0 radical (unpaired) electrons. The number of oxazole rings is 1. The van der Waals surface area contributed by atoms with Crippen LogP contribution < -0.4 is 20.7 Å². The van der Waals surface area contributed by atoms with E-state index in [2.05, 4.69) is 24.9 Å². The Bertz CT molecular complexity index is 1240. The Balaban J connectivity index is 1.38. The van der Waals surface area contributed by atoms with Crippen LogP contribution in [0.4, 0.5) is 11.6 Å². The highest BCUT2D eigenvalue weighted by atomic mass is 32.2. The average molecular weight is 447 g/mol. The lowest BCUT2D eigenvalue weighted by atomic mass is 10.1. The quantitative estimate of drug-likeness (QED) is 0.525. The van der Waals surface area contributed by atoms with E-state index in [1.54, 1.807) is 0 Å². The van der Waals surface area contributed by atoms with Crippen LogP contribution in [0.3, 0.4) is 0 Å². The van der Waals surface area contributed by atoms with E-state index in [1.165, 1.54) is 36.2 Å². The van der Waals surface area contributed by atoms with Crippen molar-refractivity contribution in [3.63, 3.8) is 0 Å². The Labute approximate surface area is 180 Å². The van der Waals surface area contributed by atoms with Crippen LogP contribution in [0.25, 0.3) is 11.1 Å². The number of nitrogens with one attached hydrogen (secondary N) is 2. The minimum Gasteiger partial charge on any atom is -0.408 e. The molecule has 0 bridgehead atoms. The molecular weight excluding hydrogens is 420 g/mol. The van der Waals surface area contributed by atoms with E-state index in [0.29, 0.717) is 29.3 Å². The fourth-order valence-electron chi connectivity index (χ4n) is 3.66. The summed E-state index contributed by atoms with van der Waals surface area (Å²) in [5, 5.41) is 3.17. The summed E-state index contributed by atoms with van der Waals surface area (Å²) in [7, 11) is -2.20. The molecule has 3 heterocycles. The van der Waals surface area contributed by atoms with Gasteiger partial charge in [-0.1, -0.05) is 0 Å². The van der Waals surface area contributed by atoms with Gasteiger partial charge < -0.3 is 14.6 Å². The molecule has 31 heavy (non-hydrogen) atoms. The lowest BCUT2D eigenvalue weighted by Crippen LogP contribution is -2.31. The van der Waals surface area contributed by atoms with Crippen LogP contribution in [0.2, 0.25) is 0 Å². The van der Waals surface area contributed by atoms with Crippen LogP contribution in [0, 0.1) is 6.92 Å². The Morgan fingerprint density at radius 3 is 2.65 bits per heavy atom. The summed E-state index contributed by atoms with van der Waals surface area (Å²) in [5.41, 5.74) is 0.768. The normalized spacial score (nSPS) is 14.8. The number of anilines is 2. The molecule has 0 atom stereocenters. The summed E-state index contributed by atoms with van der Waals surface area (Å²) in [6.45, 7) is 4.36. The maximum absolute atomic E-state index is 12.6. The predicted octanol–water partition coefficient (Wildman–Crippen LogP) is 1.61. The van der Waals surface area contributed by atoms with Gasteiger partial charge in [-0.05, 0) is 44.4 Å². The number of hydrogen-bond acceptors (Lipinski definition) is 8. The maximum Gasteiger partial charge on any atom is 0.419 e. The summed E-state index contributed by atoms with van der Waals surface area (Å²) in [4.78, 5) is 22.9. The summed E-state index contributed by atoms with van der Waals surface area (Å²) >= 11 is 0. The zero-order valence-electron chi connectivity index (χ0n) is 17.6. The number of aryl methyl sites for hydroxylation is 2. The molecule has 166 valence electrons. The van der Waals surface area contributed by atoms with E-state index in [-0.39, 0.29) is 11.4 Å². The van der Waals surface area contributed by atoms with E-state index in [1.807, 2.05) is 13.0 Å². The van der Waals surface area contributed by atoms with Gasteiger partial charge in [0, 0.05) is 39.3 Å². The highest BCUT2D eigenvalue weighted by Crippen LogP contribution is 2.20. The monoisotopic (exact) mass is 446 g/mol. The van der Waals surface area contributed by atoms with E-state index >= 15 is 0 Å². The molecule has 4 rings (SSSR count). The number of rotatable bonds is 7. The van der Waals surface area contributed by atoms with Crippen molar-refractivity contribution >= 4 is 32.8 Å². The van der Waals surface area contributed by atoms with Crippen LogP contribution in [-0.2, 0) is 17.1 Å². The van der Waals surface area contributed by atoms with E-state index in [0.717, 1.165) is 31.7 Å². The molecular formula is C20H26N6O4S. The Kier molecular flexibility index (Phi) is 5.96. The van der Waals surface area contributed by atoms with Gasteiger partial charge in [0.15, 0.2) is 5.58 Å². The fraction of sp³-hybridized carbons (Fsp3) is 0.450. The number of sulfonamides is 1. The molecule has 0 amide bonds.